The Morgan fingerprint density at radius 1 is 1.50 bits per heavy atom. The quantitative estimate of drug-likeness (QED) is 0.349. The van der Waals surface area contributed by atoms with Crippen LogP contribution in [-0.2, 0) is 0 Å². The van der Waals surface area contributed by atoms with Crippen molar-refractivity contribution in [3.8, 4) is 0 Å². The van der Waals surface area contributed by atoms with Crippen molar-refractivity contribution in [2.24, 2.45) is 5.90 Å². The number of rotatable bonds is 0. The third-order valence-electron chi connectivity index (χ3n) is 0. The van der Waals surface area contributed by atoms with Crippen molar-refractivity contribution < 1.29 is 8.06 Å². The Hall–Kier alpha value is 1.45. The Bertz CT molecular complexity index is 11.5. The van der Waals surface area contributed by atoms with Crippen molar-refractivity contribution in [1.29, 1.82) is 0 Å². The largest absolute Gasteiger partial charge is 2.00 e. The predicted molar refractivity (Wildman–Crippen MR) is 19.0 cm³/mol. The van der Waals surface area contributed by atoms with Gasteiger partial charge < -0.3 is 14.2 Å². The molecule has 0 spiro atoms. The summed E-state index contributed by atoms with van der Waals surface area (Å²) < 4.78 is 0. The molecule has 0 amide bonds. The summed E-state index contributed by atoms with van der Waals surface area (Å²) in [6.45, 7) is 0. The molecule has 3 nitrogen and oxygen atoms in total. The maximum absolute atomic E-state index is 6.50. The summed E-state index contributed by atoms with van der Waals surface area (Å²) in [5.41, 5.74) is 0. The molecule has 0 rings (SSSR count). The van der Waals surface area contributed by atoms with Crippen LogP contribution in [0.15, 0.2) is 0 Å². The van der Waals surface area contributed by atoms with E-state index in [0.717, 1.165) is 0 Å². The molecule has 0 aliphatic rings. The van der Waals surface area contributed by atoms with Crippen molar-refractivity contribution in [3.05, 3.63) is 0 Å². The molecule has 0 atom stereocenters. The molecule has 0 saturated carbocycles. The molecule has 0 aliphatic heterocycles. The molecule has 0 heterocycles. The third kappa shape index (κ3) is 9.85. The molecule has 6 N–H and O–H groups in total. The molecule has 4 heavy (non-hydrogen) atoms. The fourth-order valence-electron chi connectivity index (χ4n) is 0. The fraction of sp³-hybridized carbons (Fsp3) is 0. The molecule has 0 fully saturated rings. The number of hydrogen-bond donors (Lipinski definition) is 3. The summed E-state index contributed by atoms with van der Waals surface area (Å²) in [6, 6.07) is 0. The Kier molecular flexibility index (Phi) is 113. The second-order valence-electron chi connectivity index (χ2n) is 0. The topological polar surface area (TPSA) is 81.2 Å². The van der Waals surface area contributed by atoms with Gasteiger partial charge in [-0.25, -0.2) is 5.90 Å². The maximum atomic E-state index is 6.50. The van der Waals surface area contributed by atoms with E-state index in [1.807, 2.05) is 0 Å². The van der Waals surface area contributed by atoms with E-state index in [2.05, 4.69) is 5.90 Å². The summed E-state index contributed by atoms with van der Waals surface area (Å²) in [4.78, 5) is 0. The van der Waals surface area contributed by atoms with Gasteiger partial charge in [-0.3, -0.25) is 0 Å². The standard InChI is InChI=1S/Ba.H3NO.H3N.2H/c;1-2;;;/h;2H,1H2;1H3;;/q+2;;;2*-1. The molecule has 0 aromatic heterocycles. The zero-order valence-electron chi connectivity index (χ0n) is 4.44. The first-order chi connectivity index (χ1) is 1.00. The number of hydrogen-bond acceptors (Lipinski definition) is 3. The average molecular weight is 189 g/mol. The Morgan fingerprint density at radius 2 is 1.50 bits per heavy atom. The molecular formula is H8BaN2O. The SMILES string of the molecule is N.NO.[Ba+2].[H-].[H-]. The molecule has 0 radical (unpaired) electrons. The van der Waals surface area contributed by atoms with Gasteiger partial charge in [0.15, 0.2) is 0 Å². The van der Waals surface area contributed by atoms with E-state index in [1.165, 1.54) is 0 Å². The van der Waals surface area contributed by atoms with Crippen LogP contribution in [0.2, 0.25) is 0 Å². The Balaban J connectivity index is -0.000000000833. The van der Waals surface area contributed by atoms with Gasteiger partial charge in [0.1, 0.15) is 0 Å². The Morgan fingerprint density at radius 3 is 1.50 bits per heavy atom. The van der Waals surface area contributed by atoms with E-state index in [9.17, 15) is 0 Å². The molecule has 0 aromatic rings. The van der Waals surface area contributed by atoms with Gasteiger partial charge in [-0.05, 0) is 0 Å². The van der Waals surface area contributed by atoms with E-state index < -0.39 is 0 Å². The smallest absolute Gasteiger partial charge is 1.00 e. The van der Waals surface area contributed by atoms with Crippen LogP contribution in [0.3, 0.4) is 0 Å². The summed E-state index contributed by atoms with van der Waals surface area (Å²) in [6.07, 6.45) is 0. The summed E-state index contributed by atoms with van der Waals surface area (Å²) in [5, 5.41) is 6.50. The van der Waals surface area contributed by atoms with Gasteiger partial charge in [0, 0.05) is 0 Å². The molecule has 0 unspecified atom stereocenters. The zero-order chi connectivity index (χ0) is 2.00. The van der Waals surface area contributed by atoms with Gasteiger partial charge in [-0.2, -0.15) is 0 Å². The summed E-state index contributed by atoms with van der Waals surface area (Å²) in [7, 11) is 0. The van der Waals surface area contributed by atoms with E-state index in [1.54, 1.807) is 0 Å². The molecule has 26 valence electrons. The monoisotopic (exact) mass is 190 g/mol. The van der Waals surface area contributed by atoms with E-state index in [4.69, 9.17) is 5.21 Å². The van der Waals surface area contributed by atoms with E-state index >= 15 is 0 Å². The average Bonchev–Trinajstić information content (AvgIpc) is 1.00. The van der Waals surface area contributed by atoms with Crippen LogP contribution in [0.4, 0.5) is 0 Å². The molecule has 0 bridgehead atoms. The van der Waals surface area contributed by atoms with Gasteiger partial charge in [0.25, 0.3) is 0 Å². The maximum Gasteiger partial charge on any atom is 2.00 e. The fourth-order valence-corrected chi connectivity index (χ4v) is 0. The first kappa shape index (κ1) is 18.0. The van der Waals surface area contributed by atoms with Gasteiger partial charge in [-0.15, -0.1) is 0 Å². The molecule has 4 heteroatoms. The van der Waals surface area contributed by atoms with Crippen molar-refractivity contribution in [1.82, 2.24) is 6.15 Å². The van der Waals surface area contributed by atoms with Crippen LogP contribution in [0.25, 0.3) is 0 Å². The molecular weight excluding hydrogens is 181 g/mol. The van der Waals surface area contributed by atoms with Crippen molar-refractivity contribution in [2.45, 2.75) is 0 Å². The zero-order valence-corrected chi connectivity index (χ0v) is 6.88. The van der Waals surface area contributed by atoms with Gasteiger partial charge in [0.2, 0.25) is 0 Å². The second kappa shape index (κ2) is 25.2. The minimum absolute atomic E-state index is 0. The van der Waals surface area contributed by atoms with Crippen LogP contribution < -0.4 is 12.0 Å². The first-order valence-corrected chi connectivity index (χ1v) is 0.258. The van der Waals surface area contributed by atoms with Crippen molar-refractivity contribution >= 4 is 48.9 Å². The third-order valence-corrected chi connectivity index (χ3v) is 0. The summed E-state index contributed by atoms with van der Waals surface area (Å²) in [5.74, 6) is 3.50. The predicted octanol–water partition coefficient (Wildman–Crippen LogP) is -0.660. The Labute approximate surface area is 68.1 Å². The normalized spacial score (nSPS) is 1.50. The van der Waals surface area contributed by atoms with Crippen molar-refractivity contribution in [2.75, 3.05) is 0 Å². The molecule has 0 saturated heterocycles. The van der Waals surface area contributed by atoms with E-state index in [0.29, 0.717) is 0 Å². The minimum atomic E-state index is 0. The van der Waals surface area contributed by atoms with Gasteiger partial charge in [-0.1, -0.05) is 0 Å². The molecule has 0 aromatic carbocycles. The molecule has 0 aliphatic carbocycles. The van der Waals surface area contributed by atoms with Crippen LogP contribution >= 0.6 is 0 Å². The van der Waals surface area contributed by atoms with Crippen molar-refractivity contribution in [3.63, 3.8) is 0 Å². The van der Waals surface area contributed by atoms with E-state index in [-0.39, 0.29) is 57.9 Å². The first-order valence-electron chi connectivity index (χ1n) is 0.258. The second-order valence-corrected chi connectivity index (χ2v) is 0. The van der Waals surface area contributed by atoms with Gasteiger partial charge >= 0.3 is 48.9 Å². The number of nitrogens with two attached hydrogens (primary N) is 1. The van der Waals surface area contributed by atoms with Gasteiger partial charge in [0.05, 0.1) is 0 Å². The van der Waals surface area contributed by atoms with Crippen LogP contribution in [0, 0.1) is 0 Å². The minimum Gasteiger partial charge on any atom is -1.00 e. The summed E-state index contributed by atoms with van der Waals surface area (Å²) >= 11 is 0. The van der Waals surface area contributed by atoms with Crippen LogP contribution in [0.5, 0.6) is 0 Å². The van der Waals surface area contributed by atoms with Crippen LogP contribution in [0.1, 0.15) is 2.85 Å². The van der Waals surface area contributed by atoms with Crippen LogP contribution in [-0.4, -0.2) is 54.1 Å².